The normalized spacial score (nSPS) is 19.1. The zero-order valence-corrected chi connectivity index (χ0v) is 11.8. The molecule has 3 nitrogen and oxygen atoms in total. The number of pyridine rings is 1. The van der Waals surface area contributed by atoms with Crippen LogP contribution in [0.2, 0.25) is 0 Å². The lowest BCUT2D eigenvalue weighted by Crippen LogP contribution is -2.44. The molecule has 0 spiro atoms. The molecule has 2 heterocycles. The monoisotopic (exact) mass is 267 g/mol. The van der Waals surface area contributed by atoms with Gasteiger partial charge in [-0.1, -0.05) is 12.2 Å². The first-order chi connectivity index (χ1) is 7.99. The molecule has 0 amide bonds. The molecule has 1 aliphatic heterocycles. The molecule has 5 heteroatoms. The fourth-order valence-electron chi connectivity index (χ4n) is 2.06. The summed E-state index contributed by atoms with van der Waals surface area (Å²) in [6, 6.07) is 3.99. The van der Waals surface area contributed by atoms with Crippen molar-refractivity contribution in [3.8, 4) is 0 Å². The molecule has 0 bridgehead atoms. The number of anilines is 1. The Morgan fingerprint density at radius 3 is 3.00 bits per heavy atom. The van der Waals surface area contributed by atoms with Crippen LogP contribution in [0.25, 0.3) is 0 Å². The van der Waals surface area contributed by atoms with Crippen molar-refractivity contribution in [2.45, 2.75) is 18.6 Å². The van der Waals surface area contributed by atoms with Gasteiger partial charge in [-0.15, -0.1) is 0 Å². The largest absolute Gasteiger partial charge is 0.388 e. The molecular formula is C12H17N3S2. The molecule has 0 unspecified atom stereocenters. The zero-order valence-electron chi connectivity index (χ0n) is 10.1. The van der Waals surface area contributed by atoms with Gasteiger partial charge in [0.15, 0.2) is 0 Å². The molecule has 2 rings (SSSR count). The van der Waals surface area contributed by atoms with E-state index in [-0.39, 0.29) is 4.75 Å². The summed E-state index contributed by atoms with van der Waals surface area (Å²) in [6.07, 6.45) is 1.74. The van der Waals surface area contributed by atoms with E-state index in [2.05, 4.69) is 23.7 Å². The first-order valence-corrected chi connectivity index (χ1v) is 7.03. The molecule has 1 aromatic rings. The van der Waals surface area contributed by atoms with Crippen LogP contribution in [0.3, 0.4) is 0 Å². The summed E-state index contributed by atoms with van der Waals surface area (Å²) in [5.41, 5.74) is 7.53. The molecule has 0 aromatic carbocycles. The summed E-state index contributed by atoms with van der Waals surface area (Å²) < 4.78 is 0.265. The van der Waals surface area contributed by atoms with E-state index < -0.39 is 0 Å². The molecule has 0 radical (unpaired) electrons. The molecule has 1 fully saturated rings. The molecular weight excluding hydrogens is 250 g/mol. The van der Waals surface area contributed by atoms with Gasteiger partial charge in [0.2, 0.25) is 0 Å². The molecule has 1 aromatic heterocycles. The minimum Gasteiger partial charge on any atom is -0.388 e. The van der Waals surface area contributed by atoms with Gasteiger partial charge in [0.1, 0.15) is 10.7 Å². The van der Waals surface area contributed by atoms with Crippen molar-refractivity contribution in [2.24, 2.45) is 5.73 Å². The number of nitrogens with zero attached hydrogens (tertiary/aromatic N) is 2. The van der Waals surface area contributed by atoms with Crippen molar-refractivity contribution in [1.29, 1.82) is 0 Å². The van der Waals surface area contributed by atoms with Crippen LogP contribution < -0.4 is 10.6 Å². The third kappa shape index (κ3) is 2.90. The van der Waals surface area contributed by atoms with Crippen LogP contribution in [0.5, 0.6) is 0 Å². The van der Waals surface area contributed by atoms with Crippen molar-refractivity contribution in [3.63, 3.8) is 0 Å². The van der Waals surface area contributed by atoms with Gasteiger partial charge in [0.05, 0.1) is 5.69 Å². The average molecular weight is 267 g/mol. The number of hydrogen-bond donors (Lipinski definition) is 1. The molecule has 92 valence electrons. The number of aromatic nitrogens is 1. The lowest BCUT2D eigenvalue weighted by molar-refractivity contribution is 0.647. The predicted octanol–water partition coefficient (Wildman–Crippen LogP) is 2.05. The van der Waals surface area contributed by atoms with Gasteiger partial charge in [-0.3, -0.25) is 4.98 Å². The van der Waals surface area contributed by atoms with E-state index >= 15 is 0 Å². The molecule has 0 aliphatic carbocycles. The Hall–Kier alpha value is -0.810. The summed E-state index contributed by atoms with van der Waals surface area (Å²) in [7, 11) is 0. The standard InChI is InChI=1S/C12H17N3S2/c1-12(2)8-15(6-7-17-12)9-4-3-5-14-10(9)11(13)16/h3-5H,6-8H2,1-2H3,(H2,13,16). The number of rotatable bonds is 2. The minimum absolute atomic E-state index is 0.265. The summed E-state index contributed by atoms with van der Waals surface area (Å²) in [5, 5.41) is 0. The van der Waals surface area contributed by atoms with Crippen molar-refractivity contribution in [2.75, 3.05) is 23.7 Å². The van der Waals surface area contributed by atoms with Crippen molar-refractivity contribution in [3.05, 3.63) is 24.0 Å². The maximum absolute atomic E-state index is 5.73. The molecule has 0 saturated carbocycles. The van der Waals surface area contributed by atoms with Crippen LogP contribution in [0.4, 0.5) is 5.69 Å². The highest BCUT2D eigenvalue weighted by atomic mass is 32.2. The van der Waals surface area contributed by atoms with E-state index in [1.54, 1.807) is 6.20 Å². The second-order valence-corrected chi connectivity index (χ2v) is 7.01. The van der Waals surface area contributed by atoms with Crippen molar-refractivity contribution in [1.82, 2.24) is 4.98 Å². The summed E-state index contributed by atoms with van der Waals surface area (Å²) in [6.45, 7) is 6.55. The highest BCUT2D eigenvalue weighted by Gasteiger charge is 2.28. The van der Waals surface area contributed by atoms with Gasteiger partial charge in [-0.05, 0) is 26.0 Å². The van der Waals surface area contributed by atoms with Gasteiger partial charge < -0.3 is 10.6 Å². The maximum Gasteiger partial charge on any atom is 0.124 e. The highest BCUT2D eigenvalue weighted by molar-refractivity contribution is 8.00. The molecule has 0 atom stereocenters. The SMILES string of the molecule is CC1(C)CN(c2cccnc2C(N)=S)CCS1. The number of hydrogen-bond acceptors (Lipinski definition) is 4. The number of thioether (sulfide) groups is 1. The van der Waals surface area contributed by atoms with Crippen LogP contribution in [-0.2, 0) is 0 Å². The van der Waals surface area contributed by atoms with Crippen LogP contribution in [0, 0.1) is 0 Å². The van der Waals surface area contributed by atoms with Gasteiger partial charge in [0.25, 0.3) is 0 Å². The van der Waals surface area contributed by atoms with Crippen LogP contribution in [0.1, 0.15) is 19.5 Å². The van der Waals surface area contributed by atoms with E-state index in [0.29, 0.717) is 4.99 Å². The lowest BCUT2D eigenvalue weighted by Gasteiger charge is -2.39. The minimum atomic E-state index is 0.265. The van der Waals surface area contributed by atoms with E-state index in [1.165, 1.54) is 0 Å². The maximum atomic E-state index is 5.73. The number of thiocarbonyl (C=S) groups is 1. The first-order valence-electron chi connectivity index (χ1n) is 5.63. The zero-order chi connectivity index (χ0) is 12.5. The predicted molar refractivity (Wildman–Crippen MR) is 78.9 cm³/mol. The van der Waals surface area contributed by atoms with Gasteiger partial charge in [0, 0.05) is 29.8 Å². The van der Waals surface area contributed by atoms with Crippen LogP contribution >= 0.6 is 24.0 Å². The Morgan fingerprint density at radius 1 is 1.59 bits per heavy atom. The van der Waals surface area contributed by atoms with E-state index in [4.69, 9.17) is 18.0 Å². The Morgan fingerprint density at radius 2 is 2.35 bits per heavy atom. The summed E-state index contributed by atoms with van der Waals surface area (Å²) in [5.74, 6) is 1.12. The smallest absolute Gasteiger partial charge is 0.124 e. The van der Waals surface area contributed by atoms with Gasteiger partial charge in [-0.2, -0.15) is 11.8 Å². The van der Waals surface area contributed by atoms with Crippen molar-refractivity contribution >= 4 is 34.7 Å². The average Bonchev–Trinajstić information content (AvgIpc) is 2.27. The lowest BCUT2D eigenvalue weighted by atomic mass is 10.1. The third-order valence-corrected chi connectivity index (χ3v) is 4.28. The van der Waals surface area contributed by atoms with Crippen molar-refractivity contribution < 1.29 is 0 Å². The fraction of sp³-hybridized carbons (Fsp3) is 0.500. The highest BCUT2D eigenvalue weighted by Crippen LogP contribution is 2.32. The van der Waals surface area contributed by atoms with Crippen LogP contribution in [0.15, 0.2) is 18.3 Å². The summed E-state index contributed by atoms with van der Waals surface area (Å²) >= 11 is 7.07. The molecule has 1 saturated heterocycles. The topological polar surface area (TPSA) is 42.2 Å². The molecule has 2 N–H and O–H groups in total. The Labute approximate surface area is 112 Å². The van der Waals surface area contributed by atoms with E-state index in [9.17, 15) is 0 Å². The second-order valence-electron chi connectivity index (χ2n) is 4.77. The van der Waals surface area contributed by atoms with E-state index in [1.807, 2.05) is 23.9 Å². The Kier molecular flexibility index (Phi) is 3.58. The number of nitrogens with two attached hydrogens (primary N) is 1. The molecule has 17 heavy (non-hydrogen) atoms. The summed E-state index contributed by atoms with van der Waals surface area (Å²) in [4.78, 5) is 6.99. The van der Waals surface area contributed by atoms with Gasteiger partial charge in [-0.25, -0.2) is 0 Å². The van der Waals surface area contributed by atoms with Gasteiger partial charge >= 0.3 is 0 Å². The quantitative estimate of drug-likeness (QED) is 0.831. The Balaban J connectivity index is 2.30. The second kappa shape index (κ2) is 4.82. The fourth-order valence-corrected chi connectivity index (χ4v) is 3.33. The van der Waals surface area contributed by atoms with E-state index in [0.717, 1.165) is 30.2 Å². The molecule has 1 aliphatic rings. The first kappa shape index (κ1) is 12.6. The Bertz CT molecular complexity index is 432. The van der Waals surface area contributed by atoms with Crippen LogP contribution in [-0.4, -0.2) is 33.6 Å². The third-order valence-electron chi connectivity index (χ3n) is 2.79.